The fourth-order valence-corrected chi connectivity index (χ4v) is 4.10. The van der Waals surface area contributed by atoms with Gasteiger partial charge >= 0.3 is 0 Å². The minimum atomic E-state index is -0.448. The zero-order chi connectivity index (χ0) is 19.8. The summed E-state index contributed by atoms with van der Waals surface area (Å²) in [7, 11) is 0. The molecule has 3 heteroatoms. The molecule has 1 fully saturated rings. The molecule has 1 heterocycles. The van der Waals surface area contributed by atoms with E-state index in [1.54, 1.807) is 0 Å². The Morgan fingerprint density at radius 1 is 1.04 bits per heavy atom. The zero-order valence-corrected chi connectivity index (χ0v) is 17.4. The third-order valence-corrected chi connectivity index (χ3v) is 6.04. The maximum atomic E-state index is 10.5. The highest BCUT2D eigenvalue weighted by Gasteiger charge is 2.21. The largest absolute Gasteiger partial charge is 0.491 e. The Hall–Kier alpha value is -1.84. The number of para-hydroxylation sites is 1. The van der Waals surface area contributed by atoms with Crippen LogP contribution >= 0.6 is 0 Å². The Kier molecular flexibility index (Phi) is 7.93. The van der Waals surface area contributed by atoms with Gasteiger partial charge in [-0.25, -0.2) is 0 Å². The lowest BCUT2D eigenvalue weighted by molar-refractivity contribution is 0.0547. The number of aliphatic hydroxyl groups excluding tert-OH is 1. The molecule has 152 valence electrons. The third-order valence-electron chi connectivity index (χ3n) is 6.04. The summed E-state index contributed by atoms with van der Waals surface area (Å²) in [5.74, 6) is 2.14. The first-order chi connectivity index (χ1) is 13.7. The molecule has 0 amide bonds. The summed E-state index contributed by atoms with van der Waals surface area (Å²) in [6.45, 7) is 7.60. The molecule has 0 radical (unpaired) electrons. The second kappa shape index (κ2) is 10.6. The molecule has 3 rings (SSSR count). The Morgan fingerprint density at radius 2 is 1.71 bits per heavy atom. The van der Waals surface area contributed by atoms with Crippen LogP contribution in [-0.2, 0) is 6.42 Å². The zero-order valence-electron chi connectivity index (χ0n) is 17.4. The van der Waals surface area contributed by atoms with Gasteiger partial charge in [-0.05, 0) is 67.8 Å². The van der Waals surface area contributed by atoms with Crippen LogP contribution in [0.1, 0.15) is 50.2 Å². The average molecular weight is 382 g/mol. The summed E-state index contributed by atoms with van der Waals surface area (Å²) in [4.78, 5) is 2.39. The second-order valence-corrected chi connectivity index (χ2v) is 8.25. The molecule has 0 bridgehead atoms. The molecule has 1 aliphatic heterocycles. The quantitative estimate of drug-likeness (QED) is 0.671. The van der Waals surface area contributed by atoms with Gasteiger partial charge in [-0.3, -0.25) is 0 Å². The van der Waals surface area contributed by atoms with Crippen molar-refractivity contribution in [1.82, 2.24) is 4.90 Å². The highest BCUT2D eigenvalue weighted by atomic mass is 16.5. The molecule has 1 N–H and O–H groups in total. The molecule has 28 heavy (non-hydrogen) atoms. The standard InChI is InChI=1S/C25H35NO2/c1-3-20(2)24-11-7-8-12-25(24)28-19-23(27)18-26-15-13-22(14-16-26)17-21-9-5-4-6-10-21/h4-12,20,22-23,27H,3,13-19H2,1-2H3/t20-,23-/m0/s1. The molecule has 0 saturated carbocycles. The molecule has 2 aromatic carbocycles. The van der Waals surface area contributed by atoms with E-state index in [0.29, 0.717) is 19.1 Å². The molecule has 2 aromatic rings. The predicted octanol–water partition coefficient (Wildman–Crippen LogP) is 4.89. The van der Waals surface area contributed by atoms with Crippen LogP contribution in [0.15, 0.2) is 54.6 Å². The van der Waals surface area contributed by atoms with Crippen molar-refractivity contribution in [2.45, 2.75) is 51.6 Å². The van der Waals surface area contributed by atoms with Crippen LogP contribution in [0.5, 0.6) is 5.75 Å². The van der Waals surface area contributed by atoms with E-state index in [4.69, 9.17) is 4.74 Å². The van der Waals surface area contributed by atoms with Crippen LogP contribution in [-0.4, -0.2) is 42.4 Å². The maximum Gasteiger partial charge on any atom is 0.122 e. The molecule has 1 aliphatic rings. The van der Waals surface area contributed by atoms with Crippen molar-refractivity contribution in [3.63, 3.8) is 0 Å². The number of likely N-dealkylation sites (tertiary alicyclic amines) is 1. The lowest BCUT2D eigenvalue weighted by Gasteiger charge is -2.33. The van der Waals surface area contributed by atoms with Crippen LogP contribution in [0.25, 0.3) is 0 Å². The number of benzene rings is 2. The van der Waals surface area contributed by atoms with Crippen LogP contribution in [0.3, 0.4) is 0 Å². The Labute approximate surface area is 170 Å². The van der Waals surface area contributed by atoms with Crippen LogP contribution in [0, 0.1) is 5.92 Å². The normalized spacial score (nSPS) is 18.0. The van der Waals surface area contributed by atoms with Crippen molar-refractivity contribution in [3.8, 4) is 5.75 Å². The van der Waals surface area contributed by atoms with Gasteiger partial charge in [0.05, 0.1) is 0 Å². The van der Waals surface area contributed by atoms with E-state index in [1.165, 1.54) is 30.4 Å². The van der Waals surface area contributed by atoms with E-state index in [-0.39, 0.29) is 0 Å². The topological polar surface area (TPSA) is 32.7 Å². The molecule has 0 aromatic heterocycles. The molecule has 1 saturated heterocycles. The number of ether oxygens (including phenoxy) is 1. The summed E-state index contributed by atoms with van der Waals surface area (Å²) < 4.78 is 5.99. The lowest BCUT2D eigenvalue weighted by Crippen LogP contribution is -2.41. The van der Waals surface area contributed by atoms with Crippen molar-refractivity contribution in [2.75, 3.05) is 26.2 Å². The van der Waals surface area contributed by atoms with Crippen LogP contribution in [0.4, 0.5) is 0 Å². The molecular formula is C25H35NO2. The van der Waals surface area contributed by atoms with Crippen molar-refractivity contribution in [2.24, 2.45) is 5.92 Å². The maximum absolute atomic E-state index is 10.5. The van der Waals surface area contributed by atoms with E-state index in [0.717, 1.165) is 31.2 Å². The van der Waals surface area contributed by atoms with Gasteiger partial charge in [-0.2, -0.15) is 0 Å². The van der Waals surface area contributed by atoms with Crippen molar-refractivity contribution in [3.05, 3.63) is 65.7 Å². The van der Waals surface area contributed by atoms with Crippen molar-refractivity contribution < 1.29 is 9.84 Å². The molecule has 2 atom stereocenters. The van der Waals surface area contributed by atoms with Crippen LogP contribution in [0.2, 0.25) is 0 Å². The van der Waals surface area contributed by atoms with Gasteiger partial charge in [0.15, 0.2) is 0 Å². The van der Waals surface area contributed by atoms with E-state index >= 15 is 0 Å². The van der Waals surface area contributed by atoms with Crippen LogP contribution < -0.4 is 4.74 Å². The number of piperidine rings is 1. The fraction of sp³-hybridized carbons (Fsp3) is 0.520. The van der Waals surface area contributed by atoms with Crippen molar-refractivity contribution in [1.29, 1.82) is 0 Å². The van der Waals surface area contributed by atoms with Crippen molar-refractivity contribution >= 4 is 0 Å². The Bertz CT molecular complexity index is 695. The predicted molar refractivity (Wildman–Crippen MR) is 116 cm³/mol. The van der Waals surface area contributed by atoms with E-state index in [2.05, 4.69) is 61.2 Å². The minimum Gasteiger partial charge on any atom is -0.491 e. The summed E-state index contributed by atoms with van der Waals surface area (Å²) in [6.07, 6.45) is 4.22. The average Bonchev–Trinajstić information content (AvgIpc) is 2.74. The smallest absolute Gasteiger partial charge is 0.122 e. The SMILES string of the molecule is CC[C@H](C)c1ccccc1OC[C@@H](O)CN1CCC(Cc2ccccc2)CC1. The van der Waals surface area contributed by atoms with E-state index in [1.807, 2.05) is 12.1 Å². The van der Waals surface area contributed by atoms with Gasteiger partial charge in [0.1, 0.15) is 18.5 Å². The second-order valence-electron chi connectivity index (χ2n) is 8.25. The third kappa shape index (κ3) is 6.08. The van der Waals surface area contributed by atoms with Gasteiger partial charge in [0.2, 0.25) is 0 Å². The summed E-state index contributed by atoms with van der Waals surface area (Å²) >= 11 is 0. The Morgan fingerprint density at radius 3 is 2.43 bits per heavy atom. The number of hydrogen-bond acceptors (Lipinski definition) is 3. The number of hydrogen-bond donors (Lipinski definition) is 1. The molecular weight excluding hydrogens is 346 g/mol. The number of aliphatic hydroxyl groups is 1. The first-order valence-electron chi connectivity index (χ1n) is 10.8. The van der Waals surface area contributed by atoms with Gasteiger partial charge in [0, 0.05) is 6.54 Å². The van der Waals surface area contributed by atoms with Gasteiger partial charge in [0.25, 0.3) is 0 Å². The number of rotatable bonds is 9. The first kappa shape index (κ1) is 20.9. The molecule has 0 aliphatic carbocycles. The number of nitrogens with zero attached hydrogens (tertiary/aromatic N) is 1. The molecule has 3 nitrogen and oxygen atoms in total. The fourth-order valence-electron chi connectivity index (χ4n) is 4.10. The van der Waals surface area contributed by atoms with E-state index < -0.39 is 6.10 Å². The number of β-amino-alcohol motifs (C(OH)–C–C–N with tert-alkyl or cyclic N) is 1. The molecule has 0 unspecified atom stereocenters. The monoisotopic (exact) mass is 381 g/mol. The summed E-state index contributed by atoms with van der Waals surface area (Å²) in [5, 5.41) is 10.5. The summed E-state index contributed by atoms with van der Waals surface area (Å²) in [6, 6.07) is 19.0. The highest BCUT2D eigenvalue weighted by Crippen LogP contribution is 2.28. The highest BCUT2D eigenvalue weighted by molar-refractivity contribution is 5.35. The minimum absolute atomic E-state index is 0.359. The lowest BCUT2D eigenvalue weighted by atomic mass is 9.90. The van der Waals surface area contributed by atoms with Gasteiger partial charge in [-0.1, -0.05) is 62.4 Å². The van der Waals surface area contributed by atoms with Gasteiger partial charge < -0.3 is 14.7 Å². The van der Waals surface area contributed by atoms with Gasteiger partial charge in [-0.15, -0.1) is 0 Å². The first-order valence-corrected chi connectivity index (χ1v) is 10.8. The molecule has 0 spiro atoms. The van der Waals surface area contributed by atoms with E-state index in [9.17, 15) is 5.11 Å². The summed E-state index contributed by atoms with van der Waals surface area (Å²) in [5.41, 5.74) is 2.67. The Balaban J connectivity index is 1.41.